The van der Waals surface area contributed by atoms with E-state index in [1.807, 2.05) is 20.1 Å². The molecule has 0 saturated heterocycles. The highest BCUT2D eigenvalue weighted by Gasteiger charge is 2.27. The topological polar surface area (TPSA) is 46.2 Å². The molecule has 1 aliphatic rings. The fourth-order valence-corrected chi connectivity index (χ4v) is 3.02. The number of carbonyl (C=O) groups excluding carboxylic acids is 2. The molecule has 3 heteroatoms. The van der Waals surface area contributed by atoms with Crippen molar-refractivity contribution in [3.8, 4) is 0 Å². The third kappa shape index (κ3) is 5.75. The summed E-state index contributed by atoms with van der Waals surface area (Å²) < 4.78 is 0. The van der Waals surface area contributed by atoms with Crippen molar-refractivity contribution >= 4 is 12.2 Å². The number of amides is 1. The van der Waals surface area contributed by atoms with E-state index in [1.54, 1.807) is 0 Å². The van der Waals surface area contributed by atoms with Gasteiger partial charge in [0.25, 0.3) is 0 Å². The van der Waals surface area contributed by atoms with Crippen LogP contribution < -0.4 is 5.32 Å². The molecule has 1 fully saturated rings. The van der Waals surface area contributed by atoms with Crippen molar-refractivity contribution in [2.45, 2.75) is 71.8 Å². The SMILES string of the molecule is CCC[C@H]1CC[C@H](C(=O)N[C@H]([C]=O)CC(C)C)CC1. The molecular weight excluding hydrogens is 238 g/mol. The molecular formula is C16H28NO2. The third-order valence-corrected chi connectivity index (χ3v) is 4.08. The molecule has 0 aromatic carbocycles. The van der Waals surface area contributed by atoms with Crippen molar-refractivity contribution in [1.29, 1.82) is 0 Å². The largest absolute Gasteiger partial charge is 0.346 e. The Bertz CT molecular complexity index is 280. The van der Waals surface area contributed by atoms with E-state index in [4.69, 9.17) is 0 Å². The Hall–Kier alpha value is -0.860. The molecule has 1 amide bonds. The lowest BCUT2D eigenvalue weighted by molar-refractivity contribution is -0.126. The summed E-state index contributed by atoms with van der Waals surface area (Å²) in [5.74, 6) is 1.37. The third-order valence-electron chi connectivity index (χ3n) is 4.08. The number of hydrogen-bond donors (Lipinski definition) is 1. The minimum atomic E-state index is -0.430. The van der Waals surface area contributed by atoms with Crippen LogP contribution in [0.4, 0.5) is 0 Å². The van der Waals surface area contributed by atoms with Crippen LogP contribution in [0.25, 0.3) is 0 Å². The van der Waals surface area contributed by atoms with Gasteiger partial charge in [0.1, 0.15) is 0 Å². The molecule has 1 saturated carbocycles. The minimum Gasteiger partial charge on any atom is -0.346 e. The fourth-order valence-electron chi connectivity index (χ4n) is 3.02. The van der Waals surface area contributed by atoms with Gasteiger partial charge in [-0.05, 0) is 43.9 Å². The second-order valence-electron chi connectivity index (χ2n) is 6.31. The van der Waals surface area contributed by atoms with Gasteiger partial charge in [-0.2, -0.15) is 0 Å². The van der Waals surface area contributed by atoms with E-state index in [0.717, 1.165) is 31.6 Å². The van der Waals surface area contributed by atoms with Gasteiger partial charge >= 0.3 is 0 Å². The lowest BCUT2D eigenvalue weighted by Crippen LogP contribution is -2.41. The van der Waals surface area contributed by atoms with Gasteiger partial charge < -0.3 is 5.32 Å². The Balaban J connectivity index is 2.36. The highest BCUT2D eigenvalue weighted by molar-refractivity contribution is 5.81. The Morgan fingerprint density at radius 3 is 2.37 bits per heavy atom. The van der Waals surface area contributed by atoms with E-state index < -0.39 is 6.04 Å². The zero-order valence-corrected chi connectivity index (χ0v) is 12.6. The van der Waals surface area contributed by atoms with E-state index >= 15 is 0 Å². The van der Waals surface area contributed by atoms with Crippen molar-refractivity contribution in [2.24, 2.45) is 17.8 Å². The maximum atomic E-state index is 12.1. The van der Waals surface area contributed by atoms with Crippen molar-refractivity contribution in [1.82, 2.24) is 5.32 Å². The van der Waals surface area contributed by atoms with Gasteiger partial charge in [0, 0.05) is 5.92 Å². The van der Waals surface area contributed by atoms with Crippen LogP contribution in [0.1, 0.15) is 65.7 Å². The average molecular weight is 266 g/mol. The molecule has 1 aliphatic carbocycles. The quantitative estimate of drug-likeness (QED) is 0.769. The van der Waals surface area contributed by atoms with Crippen LogP contribution in [0.2, 0.25) is 0 Å². The van der Waals surface area contributed by atoms with Gasteiger partial charge in [0.15, 0.2) is 0 Å². The molecule has 1 atom stereocenters. The smallest absolute Gasteiger partial charge is 0.223 e. The molecule has 1 rings (SSSR count). The maximum Gasteiger partial charge on any atom is 0.223 e. The van der Waals surface area contributed by atoms with Crippen molar-refractivity contribution in [2.75, 3.05) is 0 Å². The van der Waals surface area contributed by atoms with Gasteiger partial charge in [-0.25, -0.2) is 0 Å². The molecule has 19 heavy (non-hydrogen) atoms. The number of hydrogen-bond acceptors (Lipinski definition) is 2. The fraction of sp³-hybridized carbons (Fsp3) is 0.875. The molecule has 1 radical (unpaired) electrons. The summed E-state index contributed by atoms with van der Waals surface area (Å²) in [4.78, 5) is 23.0. The molecule has 0 unspecified atom stereocenters. The molecule has 3 nitrogen and oxygen atoms in total. The van der Waals surface area contributed by atoms with E-state index in [9.17, 15) is 9.59 Å². The zero-order valence-electron chi connectivity index (χ0n) is 12.6. The predicted molar refractivity (Wildman–Crippen MR) is 77.4 cm³/mol. The molecule has 109 valence electrons. The van der Waals surface area contributed by atoms with Crippen LogP contribution in [0.3, 0.4) is 0 Å². The highest BCUT2D eigenvalue weighted by Crippen LogP contribution is 2.31. The Morgan fingerprint density at radius 2 is 1.89 bits per heavy atom. The summed E-state index contributed by atoms with van der Waals surface area (Å²) in [5.41, 5.74) is 0. The number of nitrogens with one attached hydrogen (secondary N) is 1. The molecule has 0 spiro atoms. The predicted octanol–water partition coefficient (Wildman–Crippen LogP) is 3.23. The molecule has 0 heterocycles. The van der Waals surface area contributed by atoms with Crippen LogP contribution in [0.5, 0.6) is 0 Å². The summed E-state index contributed by atoms with van der Waals surface area (Å²) in [6.07, 6.45) is 9.42. The summed E-state index contributed by atoms with van der Waals surface area (Å²) in [5, 5.41) is 2.85. The first-order chi connectivity index (χ1) is 9.06. The van der Waals surface area contributed by atoms with Gasteiger partial charge in [-0.1, -0.05) is 33.6 Å². The van der Waals surface area contributed by atoms with Crippen molar-refractivity contribution in [3.63, 3.8) is 0 Å². The lowest BCUT2D eigenvalue weighted by Gasteiger charge is -2.28. The number of carbonyl (C=O) groups is 1. The van der Waals surface area contributed by atoms with E-state index in [-0.39, 0.29) is 11.8 Å². The maximum absolute atomic E-state index is 12.1. The van der Waals surface area contributed by atoms with Crippen LogP contribution >= 0.6 is 0 Å². The van der Waals surface area contributed by atoms with Gasteiger partial charge in [-0.15, -0.1) is 0 Å². The minimum absolute atomic E-state index is 0.0592. The van der Waals surface area contributed by atoms with Crippen LogP contribution in [-0.2, 0) is 9.59 Å². The van der Waals surface area contributed by atoms with Crippen LogP contribution in [0.15, 0.2) is 0 Å². The highest BCUT2D eigenvalue weighted by atomic mass is 16.2. The Kier molecular flexibility index (Phi) is 7.11. The summed E-state index contributed by atoms with van der Waals surface area (Å²) in [6, 6.07) is -0.430. The molecule has 0 aromatic heterocycles. The zero-order chi connectivity index (χ0) is 14.3. The van der Waals surface area contributed by atoms with Crippen LogP contribution in [0, 0.1) is 17.8 Å². The van der Waals surface area contributed by atoms with E-state index in [1.165, 1.54) is 12.8 Å². The summed E-state index contributed by atoms with van der Waals surface area (Å²) in [6.45, 7) is 6.31. The van der Waals surface area contributed by atoms with Gasteiger partial charge in [0.05, 0.1) is 6.04 Å². The van der Waals surface area contributed by atoms with Gasteiger partial charge in [-0.3, -0.25) is 9.59 Å². The standard InChI is InChI=1S/C16H28NO2/c1-4-5-13-6-8-14(9-7-13)16(19)17-15(11-18)10-12(2)3/h12-15H,4-10H2,1-3H3,(H,17,19)/t13-,14-,15-/m0/s1. The monoisotopic (exact) mass is 266 g/mol. The normalized spacial score (nSPS) is 25.1. The number of rotatable bonds is 7. The van der Waals surface area contributed by atoms with Crippen LogP contribution in [-0.4, -0.2) is 18.2 Å². The van der Waals surface area contributed by atoms with Crippen molar-refractivity contribution in [3.05, 3.63) is 0 Å². The molecule has 0 bridgehead atoms. The Morgan fingerprint density at radius 1 is 1.26 bits per heavy atom. The molecule has 0 aromatic rings. The van der Waals surface area contributed by atoms with Gasteiger partial charge in [0.2, 0.25) is 12.2 Å². The molecule has 0 aliphatic heterocycles. The second kappa shape index (κ2) is 8.34. The van der Waals surface area contributed by atoms with Crippen molar-refractivity contribution < 1.29 is 9.59 Å². The summed E-state index contributed by atoms with van der Waals surface area (Å²) in [7, 11) is 0. The van der Waals surface area contributed by atoms with E-state index in [2.05, 4.69) is 12.2 Å². The summed E-state index contributed by atoms with van der Waals surface area (Å²) >= 11 is 0. The van der Waals surface area contributed by atoms with E-state index in [0.29, 0.717) is 12.3 Å². The second-order valence-corrected chi connectivity index (χ2v) is 6.31. The molecule has 1 N–H and O–H groups in total. The Labute approximate surface area is 117 Å². The first kappa shape index (κ1) is 16.2. The first-order valence-corrected chi connectivity index (χ1v) is 7.74. The lowest BCUT2D eigenvalue weighted by atomic mass is 9.79. The first-order valence-electron chi connectivity index (χ1n) is 7.74. The average Bonchev–Trinajstić information content (AvgIpc) is 2.38.